The molecule has 112 valence electrons. The highest BCUT2D eigenvalue weighted by Crippen LogP contribution is 2.29. The highest BCUT2D eigenvalue weighted by atomic mass is 32.2. The van der Waals surface area contributed by atoms with E-state index >= 15 is 0 Å². The van der Waals surface area contributed by atoms with Crippen molar-refractivity contribution in [3.8, 4) is 5.88 Å². The lowest BCUT2D eigenvalue weighted by atomic mass is 10.3. The van der Waals surface area contributed by atoms with Crippen molar-refractivity contribution in [2.45, 2.75) is 4.34 Å². The van der Waals surface area contributed by atoms with Crippen LogP contribution in [0.25, 0.3) is 10.2 Å². The number of rotatable bonds is 5. The fourth-order valence-corrected chi connectivity index (χ4v) is 3.68. The molecule has 7 heteroatoms. The van der Waals surface area contributed by atoms with E-state index in [1.165, 1.54) is 11.8 Å². The Bertz CT molecular complexity index is 754. The molecule has 0 aliphatic heterocycles. The van der Waals surface area contributed by atoms with Gasteiger partial charge in [0, 0.05) is 6.07 Å². The number of ether oxygens (including phenoxy) is 1. The fourth-order valence-electron chi connectivity index (χ4n) is 1.81. The minimum Gasteiger partial charge on any atom is -0.481 e. The van der Waals surface area contributed by atoms with Gasteiger partial charge in [-0.15, -0.1) is 11.3 Å². The van der Waals surface area contributed by atoms with Crippen LogP contribution in [0.3, 0.4) is 0 Å². The van der Waals surface area contributed by atoms with E-state index in [9.17, 15) is 4.79 Å². The number of nitrogens with one attached hydrogen (secondary N) is 1. The van der Waals surface area contributed by atoms with E-state index < -0.39 is 0 Å². The summed E-state index contributed by atoms with van der Waals surface area (Å²) in [5.41, 5.74) is 1.62. The van der Waals surface area contributed by atoms with Crippen LogP contribution in [0.15, 0.2) is 46.9 Å². The van der Waals surface area contributed by atoms with Gasteiger partial charge >= 0.3 is 0 Å². The van der Waals surface area contributed by atoms with Crippen LogP contribution in [-0.2, 0) is 4.79 Å². The number of thiazole rings is 1. The number of nitrogens with zero attached hydrogens (tertiary/aromatic N) is 2. The number of benzene rings is 1. The molecule has 0 atom stereocenters. The zero-order valence-corrected chi connectivity index (χ0v) is 13.4. The highest BCUT2D eigenvalue weighted by Gasteiger charge is 2.08. The number of fused-ring (bicyclic) bond motifs is 1. The van der Waals surface area contributed by atoms with Gasteiger partial charge in [-0.05, 0) is 18.2 Å². The van der Waals surface area contributed by atoms with Gasteiger partial charge in [-0.25, -0.2) is 9.97 Å². The van der Waals surface area contributed by atoms with Gasteiger partial charge in [-0.1, -0.05) is 23.9 Å². The Morgan fingerprint density at radius 3 is 2.91 bits per heavy atom. The van der Waals surface area contributed by atoms with E-state index in [0.717, 1.165) is 14.6 Å². The average molecular weight is 331 g/mol. The fraction of sp³-hybridized carbons (Fsp3) is 0.133. The number of anilines is 1. The number of carbonyl (C=O) groups is 1. The number of para-hydroxylation sites is 1. The third kappa shape index (κ3) is 3.55. The van der Waals surface area contributed by atoms with Gasteiger partial charge in [0.15, 0.2) is 4.34 Å². The standard InChI is InChI=1S/C15H13N3O2S2/c1-20-14-7-6-10(8-16-14)17-13(19)9-21-15-18-11-4-2-3-5-12(11)22-15/h2-8H,9H2,1H3,(H,17,19). The van der Waals surface area contributed by atoms with Crippen molar-refractivity contribution in [3.05, 3.63) is 42.6 Å². The van der Waals surface area contributed by atoms with Crippen molar-refractivity contribution >= 4 is 44.9 Å². The van der Waals surface area contributed by atoms with E-state index in [1.807, 2.05) is 24.3 Å². The number of thioether (sulfide) groups is 1. The van der Waals surface area contributed by atoms with E-state index in [1.54, 1.807) is 36.8 Å². The first-order valence-corrected chi connectivity index (χ1v) is 8.33. The summed E-state index contributed by atoms with van der Waals surface area (Å²) in [7, 11) is 1.55. The molecule has 22 heavy (non-hydrogen) atoms. The maximum atomic E-state index is 11.9. The Morgan fingerprint density at radius 1 is 1.32 bits per heavy atom. The Balaban J connectivity index is 1.57. The Kier molecular flexibility index (Phi) is 4.55. The molecule has 3 aromatic rings. The van der Waals surface area contributed by atoms with Gasteiger partial charge < -0.3 is 10.1 Å². The molecule has 1 amide bonds. The number of methoxy groups -OCH3 is 1. The maximum absolute atomic E-state index is 11.9. The average Bonchev–Trinajstić information content (AvgIpc) is 2.96. The SMILES string of the molecule is COc1ccc(NC(=O)CSc2nc3ccccc3s2)cn1. The molecule has 0 spiro atoms. The van der Waals surface area contributed by atoms with Crippen molar-refractivity contribution in [1.82, 2.24) is 9.97 Å². The predicted molar refractivity (Wildman–Crippen MR) is 89.8 cm³/mol. The number of aromatic nitrogens is 2. The summed E-state index contributed by atoms with van der Waals surface area (Å²) in [6.45, 7) is 0. The van der Waals surface area contributed by atoms with Crippen LogP contribution >= 0.6 is 23.1 Å². The summed E-state index contributed by atoms with van der Waals surface area (Å²) in [4.78, 5) is 20.5. The monoisotopic (exact) mass is 331 g/mol. The molecule has 0 aliphatic rings. The second-order valence-electron chi connectivity index (χ2n) is 4.37. The first-order chi connectivity index (χ1) is 10.7. The molecular weight excluding hydrogens is 318 g/mol. The molecule has 2 heterocycles. The topological polar surface area (TPSA) is 64.1 Å². The summed E-state index contributed by atoms with van der Waals surface area (Å²) in [5.74, 6) is 0.740. The van der Waals surface area contributed by atoms with Gasteiger partial charge in [0.25, 0.3) is 0 Å². The first-order valence-electron chi connectivity index (χ1n) is 6.53. The van der Waals surface area contributed by atoms with Crippen LogP contribution in [0.1, 0.15) is 0 Å². The van der Waals surface area contributed by atoms with Crippen LogP contribution < -0.4 is 10.1 Å². The molecule has 3 rings (SSSR count). The molecule has 0 saturated heterocycles. The predicted octanol–water partition coefficient (Wildman–Crippen LogP) is 3.43. The van der Waals surface area contributed by atoms with Crippen LogP contribution in [0.5, 0.6) is 5.88 Å². The summed E-state index contributed by atoms with van der Waals surface area (Å²) in [5, 5.41) is 2.80. The summed E-state index contributed by atoms with van der Waals surface area (Å²) in [6, 6.07) is 11.4. The number of pyridine rings is 1. The number of hydrogen-bond acceptors (Lipinski definition) is 6. The molecular formula is C15H13N3O2S2. The Labute approximate surface area is 135 Å². The van der Waals surface area contributed by atoms with Gasteiger partial charge in [0.05, 0.1) is 35.0 Å². The second kappa shape index (κ2) is 6.76. The molecule has 2 aromatic heterocycles. The summed E-state index contributed by atoms with van der Waals surface area (Å²) in [6.07, 6.45) is 1.57. The van der Waals surface area contributed by atoms with Crippen molar-refractivity contribution in [2.75, 3.05) is 18.2 Å². The van der Waals surface area contributed by atoms with E-state index in [0.29, 0.717) is 17.3 Å². The normalized spacial score (nSPS) is 10.6. The minimum atomic E-state index is -0.0868. The molecule has 0 bridgehead atoms. The molecule has 0 saturated carbocycles. The molecule has 1 N–H and O–H groups in total. The highest BCUT2D eigenvalue weighted by molar-refractivity contribution is 8.01. The van der Waals surface area contributed by atoms with Gasteiger partial charge in [0.1, 0.15) is 0 Å². The smallest absolute Gasteiger partial charge is 0.234 e. The third-order valence-electron chi connectivity index (χ3n) is 2.83. The zero-order chi connectivity index (χ0) is 15.4. The van der Waals surface area contributed by atoms with E-state index in [-0.39, 0.29) is 5.91 Å². The molecule has 1 aromatic carbocycles. The molecule has 0 unspecified atom stereocenters. The van der Waals surface area contributed by atoms with Crippen LogP contribution in [-0.4, -0.2) is 28.7 Å². The lowest BCUT2D eigenvalue weighted by Gasteiger charge is -2.04. The zero-order valence-electron chi connectivity index (χ0n) is 11.8. The number of hydrogen-bond donors (Lipinski definition) is 1. The van der Waals surface area contributed by atoms with Crippen molar-refractivity contribution in [2.24, 2.45) is 0 Å². The quantitative estimate of drug-likeness (QED) is 0.726. The van der Waals surface area contributed by atoms with Crippen molar-refractivity contribution in [1.29, 1.82) is 0 Å². The molecule has 0 radical (unpaired) electrons. The van der Waals surface area contributed by atoms with E-state index in [4.69, 9.17) is 4.74 Å². The van der Waals surface area contributed by atoms with Crippen molar-refractivity contribution < 1.29 is 9.53 Å². The van der Waals surface area contributed by atoms with E-state index in [2.05, 4.69) is 15.3 Å². The Hall–Kier alpha value is -2.12. The van der Waals surface area contributed by atoms with Gasteiger partial charge in [-0.3, -0.25) is 4.79 Å². The lowest BCUT2D eigenvalue weighted by Crippen LogP contribution is -2.14. The number of carbonyl (C=O) groups excluding carboxylic acids is 1. The second-order valence-corrected chi connectivity index (χ2v) is 6.63. The van der Waals surface area contributed by atoms with Crippen molar-refractivity contribution in [3.63, 3.8) is 0 Å². The number of amides is 1. The largest absolute Gasteiger partial charge is 0.481 e. The van der Waals surface area contributed by atoms with Crippen LogP contribution in [0, 0.1) is 0 Å². The van der Waals surface area contributed by atoms with Crippen LogP contribution in [0.2, 0.25) is 0 Å². The molecule has 0 aliphatic carbocycles. The Morgan fingerprint density at radius 2 is 2.18 bits per heavy atom. The first kappa shape index (κ1) is 14.8. The molecule has 5 nitrogen and oxygen atoms in total. The summed E-state index contributed by atoms with van der Waals surface area (Å²) < 4.78 is 7.00. The molecule has 0 fully saturated rings. The lowest BCUT2D eigenvalue weighted by molar-refractivity contribution is -0.113. The maximum Gasteiger partial charge on any atom is 0.234 e. The van der Waals surface area contributed by atoms with Gasteiger partial charge in [0.2, 0.25) is 11.8 Å². The van der Waals surface area contributed by atoms with Gasteiger partial charge in [-0.2, -0.15) is 0 Å². The third-order valence-corrected chi connectivity index (χ3v) is 5.01. The minimum absolute atomic E-state index is 0.0868. The van der Waals surface area contributed by atoms with Crippen LogP contribution in [0.4, 0.5) is 5.69 Å². The summed E-state index contributed by atoms with van der Waals surface area (Å²) >= 11 is 3.02.